The summed E-state index contributed by atoms with van der Waals surface area (Å²) in [5, 5.41) is 9.28. The zero-order valence-corrected chi connectivity index (χ0v) is 13.1. The summed E-state index contributed by atoms with van der Waals surface area (Å²) < 4.78 is 47.9. The molecule has 0 aliphatic carbocycles. The van der Waals surface area contributed by atoms with Gasteiger partial charge in [0.2, 0.25) is 5.88 Å². The molecule has 0 atom stereocenters. The number of aliphatic hydroxyl groups excluding tert-OH is 1. The molecule has 1 aromatic heterocycles. The minimum atomic E-state index is -4.57. The predicted molar refractivity (Wildman–Crippen MR) is 82.6 cm³/mol. The third-order valence-corrected chi connectivity index (χ3v) is 3.23. The van der Waals surface area contributed by atoms with Gasteiger partial charge in [-0.1, -0.05) is 30.3 Å². The lowest BCUT2D eigenvalue weighted by Gasteiger charge is -2.12. The molecule has 5 nitrogen and oxygen atoms in total. The van der Waals surface area contributed by atoms with Gasteiger partial charge in [0.05, 0.1) is 13.4 Å². The second-order valence-corrected chi connectivity index (χ2v) is 4.84. The Hall–Kier alpha value is -3.03. The van der Waals surface area contributed by atoms with Crippen LogP contribution in [0.3, 0.4) is 0 Å². The molecular weight excluding hydrogens is 339 g/mol. The number of halogens is 3. The number of aromatic nitrogens is 1. The SMILES string of the molecule is COC(=O)C(=CO)c1ccccc1COc1cccc(C(F)(F)F)n1. The Morgan fingerprint density at radius 2 is 1.92 bits per heavy atom. The Labute approximate surface area is 141 Å². The fourth-order valence-corrected chi connectivity index (χ4v) is 2.06. The molecule has 8 heteroatoms. The van der Waals surface area contributed by atoms with Crippen molar-refractivity contribution in [3.8, 4) is 5.88 Å². The molecule has 1 aromatic carbocycles. The molecule has 0 saturated heterocycles. The van der Waals surface area contributed by atoms with Gasteiger partial charge >= 0.3 is 12.1 Å². The van der Waals surface area contributed by atoms with E-state index in [1.165, 1.54) is 12.1 Å². The number of hydrogen-bond donors (Lipinski definition) is 1. The summed E-state index contributed by atoms with van der Waals surface area (Å²) in [6.07, 6.45) is -3.97. The van der Waals surface area contributed by atoms with E-state index in [1.54, 1.807) is 24.3 Å². The van der Waals surface area contributed by atoms with E-state index in [0.29, 0.717) is 17.4 Å². The van der Waals surface area contributed by atoms with Gasteiger partial charge in [-0.05, 0) is 17.2 Å². The van der Waals surface area contributed by atoms with Crippen molar-refractivity contribution in [1.82, 2.24) is 4.98 Å². The fraction of sp³-hybridized carbons (Fsp3) is 0.176. The maximum atomic E-state index is 12.7. The van der Waals surface area contributed by atoms with E-state index in [2.05, 4.69) is 9.72 Å². The number of rotatable bonds is 5. The molecule has 132 valence electrons. The number of hydrogen-bond acceptors (Lipinski definition) is 5. The van der Waals surface area contributed by atoms with Crippen LogP contribution in [0, 0.1) is 0 Å². The number of methoxy groups -OCH3 is 1. The normalized spacial score (nSPS) is 11.9. The largest absolute Gasteiger partial charge is 0.515 e. The van der Waals surface area contributed by atoms with Gasteiger partial charge in [0.1, 0.15) is 17.9 Å². The number of nitrogens with zero attached hydrogens (tertiary/aromatic N) is 1. The summed E-state index contributed by atoms with van der Waals surface area (Å²) in [6, 6.07) is 9.77. The Morgan fingerprint density at radius 3 is 2.56 bits per heavy atom. The Morgan fingerprint density at radius 1 is 1.20 bits per heavy atom. The summed E-state index contributed by atoms with van der Waals surface area (Å²) in [4.78, 5) is 15.1. The monoisotopic (exact) mass is 353 g/mol. The summed E-state index contributed by atoms with van der Waals surface area (Å²) in [5.74, 6) is -0.968. The molecule has 0 bridgehead atoms. The van der Waals surface area contributed by atoms with Gasteiger partial charge in [0, 0.05) is 6.07 Å². The van der Waals surface area contributed by atoms with Crippen molar-refractivity contribution < 1.29 is 32.5 Å². The van der Waals surface area contributed by atoms with Crippen LogP contribution >= 0.6 is 0 Å². The van der Waals surface area contributed by atoms with E-state index in [9.17, 15) is 23.1 Å². The van der Waals surface area contributed by atoms with Crippen LogP contribution in [0.4, 0.5) is 13.2 Å². The van der Waals surface area contributed by atoms with Crippen molar-refractivity contribution in [3.05, 3.63) is 65.5 Å². The summed E-state index contributed by atoms with van der Waals surface area (Å²) in [7, 11) is 1.16. The molecule has 2 aromatic rings. The van der Waals surface area contributed by atoms with Crippen molar-refractivity contribution in [2.24, 2.45) is 0 Å². The van der Waals surface area contributed by atoms with Crippen molar-refractivity contribution in [1.29, 1.82) is 0 Å². The van der Waals surface area contributed by atoms with Crippen LogP contribution in [-0.4, -0.2) is 23.2 Å². The van der Waals surface area contributed by atoms with Gasteiger partial charge in [-0.25, -0.2) is 9.78 Å². The summed E-state index contributed by atoms with van der Waals surface area (Å²) in [5.41, 5.74) is -0.362. The Bertz CT molecular complexity index is 787. The first-order valence-corrected chi connectivity index (χ1v) is 7.05. The standard InChI is InChI=1S/C17H14F3NO4/c1-24-16(23)13(9-22)12-6-3-2-5-11(12)10-25-15-8-4-7-14(21-15)17(18,19)20/h2-9,22H,10H2,1H3. The van der Waals surface area contributed by atoms with Crippen LogP contribution in [0.2, 0.25) is 0 Å². The van der Waals surface area contributed by atoms with Gasteiger partial charge in [0.15, 0.2) is 0 Å². The van der Waals surface area contributed by atoms with E-state index >= 15 is 0 Å². The number of carbonyl (C=O) groups excluding carboxylic acids is 1. The minimum absolute atomic E-state index is 0.0984. The zero-order chi connectivity index (χ0) is 18.4. The highest BCUT2D eigenvalue weighted by Gasteiger charge is 2.32. The van der Waals surface area contributed by atoms with E-state index in [-0.39, 0.29) is 18.1 Å². The van der Waals surface area contributed by atoms with Crippen molar-refractivity contribution in [3.63, 3.8) is 0 Å². The van der Waals surface area contributed by atoms with Crippen LogP contribution in [0.15, 0.2) is 48.7 Å². The fourth-order valence-electron chi connectivity index (χ4n) is 2.06. The lowest BCUT2D eigenvalue weighted by Crippen LogP contribution is -2.10. The number of ether oxygens (including phenoxy) is 2. The maximum Gasteiger partial charge on any atom is 0.433 e. The van der Waals surface area contributed by atoms with Crippen molar-refractivity contribution >= 4 is 11.5 Å². The third kappa shape index (κ3) is 4.50. The van der Waals surface area contributed by atoms with Gasteiger partial charge < -0.3 is 14.6 Å². The number of aliphatic hydroxyl groups is 1. The molecule has 0 spiro atoms. The Balaban J connectivity index is 2.24. The highest BCUT2D eigenvalue weighted by Crippen LogP contribution is 2.29. The van der Waals surface area contributed by atoms with E-state index in [0.717, 1.165) is 13.2 Å². The summed E-state index contributed by atoms with van der Waals surface area (Å²) in [6.45, 7) is -0.154. The molecule has 0 unspecified atom stereocenters. The second-order valence-electron chi connectivity index (χ2n) is 4.84. The summed E-state index contributed by atoms with van der Waals surface area (Å²) >= 11 is 0. The number of alkyl halides is 3. The average molecular weight is 353 g/mol. The molecule has 0 fully saturated rings. The molecule has 0 aliphatic heterocycles. The molecule has 2 rings (SSSR count). The van der Waals surface area contributed by atoms with Crippen molar-refractivity contribution in [2.45, 2.75) is 12.8 Å². The smallest absolute Gasteiger partial charge is 0.433 e. The first-order chi connectivity index (χ1) is 11.9. The van der Waals surface area contributed by atoms with Gasteiger partial charge in [-0.2, -0.15) is 13.2 Å². The van der Waals surface area contributed by atoms with Crippen LogP contribution in [-0.2, 0) is 22.3 Å². The van der Waals surface area contributed by atoms with E-state index in [1.807, 2.05) is 0 Å². The molecule has 0 saturated carbocycles. The lowest BCUT2D eigenvalue weighted by atomic mass is 10.0. The third-order valence-electron chi connectivity index (χ3n) is 3.23. The number of benzene rings is 1. The van der Waals surface area contributed by atoms with E-state index < -0.39 is 17.8 Å². The first-order valence-electron chi connectivity index (χ1n) is 7.05. The lowest BCUT2D eigenvalue weighted by molar-refractivity contribution is -0.141. The minimum Gasteiger partial charge on any atom is -0.515 e. The molecule has 0 aliphatic rings. The van der Waals surface area contributed by atoms with Crippen molar-refractivity contribution in [2.75, 3.05) is 7.11 Å². The highest BCUT2D eigenvalue weighted by atomic mass is 19.4. The maximum absolute atomic E-state index is 12.7. The molecule has 1 heterocycles. The number of carbonyl (C=O) groups is 1. The number of pyridine rings is 1. The highest BCUT2D eigenvalue weighted by molar-refractivity contribution is 6.16. The zero-order valence-electron chi connectivity index (χ0n) is 13.1. The quantitative estimate of drug-likeness (QED) is 0.504. The number of esters is 1. The van der Waals surface area contributed by atoms with E-state index in [4.69, 9.17) is 4.74 Å². The molecular formula is C17H14F3NO4. The predicted octanol–water partition coefficient (Wildman–Crippen LogP) is 3.75. The Kier molecular flexibility index (Phi) is 5.63. The topological polar surface area (TPSA) is 68.7 Å². The van der Waals surface area contributed by atoms with Crippen LogP contribution in [0.25, 0.3) is 5.57 Å². The second kappa shape index (κ2) is 7.69. The molecule has 0 amide bonds. The molecule has 1 N–H and O–H groups in total. The first kappa shape index (κ1) is 18.3. The van der Waals surface area contributed by atoms with Crippen LogP contribution in [0.5, 0.6) is 5.88 Å². The van der Waals surface area contributed by atoms with Crippen LogP contribution in [0.1, 0.15) is 16.8 Å². The molecule has 0 radical (unpaired) electrons. The van der Waals surface area contributed by atoms with Crippen LogP contribution < -0.4 is 4.74 Å². The van der Waals surface area contributed by atoms with Gasteiger partial charge in [0.25, 0.3) is 0 Å². The average Bonchev–Trinajstić information content (AvgIpc) is 2.61. The van der Waals surface area contributed by atoms with Gasteiger partial charge in [-0.3, -0.25) is 0 Å². The van der Waals surface area contributed by atoms with Gasteiger partial charge in [-0.15, -0.1) is 0 Å². The molecule has 25 heavy (non-hydrogen) atoms.